The lowest BCUT2D eigenvalue weighted by atomic mass is 10.1. The fraction of sp³-hybridized carbons (Fsp3) is 0.846. The molecule has 0 aromatic heterocycles. The molecule has 0 aromatic carbocycles. The van der Waals surface area contributed by atoms with Crippen molar-refractivity contribution < 1.29 is 0 Å². The standard InChI is InChI=1S/C13H26N2/c1-5-12(4)8-14-9-13-6-7-15(10-13)11(2)3/h11,13-14H,4-10H2,1-3H3. The molecule has 1 saturated heterocycles. The number of rotatable bonds is 6. The fourth-order valence-corrected chi connectivity index (χ4v) is 2.08. The Labute approximate surface area is 94.7 Å². The largest absolute Gasteiger partial charge is 0.313 e. The van der Waals surface area contributed by atoms with Crippen LogP contribution in [-0.4, -0.2) is 37.1 Å². The molecule has 1 rings (SSSR count). The molecule has 0 radical (unpaired) electrons. The number of hydrogen-bond acceptors (Lipinski definition) is 2. The normalized spacial score (nSPS) is 22.5. The first-order valence-electron chi connectivity index (χ1n) is 6.24. The van der Waals surface area contributed by atoms with Crippen LogP contribution < -0.4 is 5.32 Å². The lowest BCUT2D eigenvalue weighted by Gasteiger charge is -2.20. The SMILES string of the molecule is C=C(CC)CNCC1CCN(C(C)C)C1. The summed E-state index contributed by atoms with van der Waals surface area (Å²) in [5, 5.41) is 3.51. The lowest BCUT2D eigenvalue weighted by molar-refractivity contribution is 0.264. The third kappa shape index (κ3) is 4.35. The van der Waals surface area contributed by atoms with Crippen LogP contribution in [-0.2, 0) is 0 Å². The van der Waals surface area contributed by atoms with Crippen molar-refractivity contribution in [2.75, 3.05) is 26.2 Å². The number of likely N-dealkylation sites (tertiary alicyclic amines) is 1. The first kappa shape index (κ1) is 12.7. The summed E-state index contributed by atoms with van der Waals surface area (Å²) < 4.78 is 0. The minimum absolute atomic E-state index is 0.709. The van der Waals surface area contributed by atoms with E-state index >= 15 is 0 Å². The van der Waals surface area contributed by atoms with Crippen molar-refractivity contribution >= 4 is 0 Å². The summed E-state index contributed by atoms with van der Waals surface area (Å²) in [5.74, 6) is 0.844. The predicted molar refractivity (Wildman–Crippen MR) is 67.1 cm³/mol. The number of nitrogens with zero attached hydrogens (tertiary/aromatic N) is 1. The van der Waals surface area contributed by atoms with Crippen LogP contribution >= 0.6 is 0 Å². The van der Waals surface area contributed by atoms with Crippen LogP contribution in [0.4, 0.5) is 0 Å². The van der Waals surface area contributed by atoms with E-state index in [9.17, 15) is 0 Å². The highest BCUT2D eigenvalue weighted by Gasteiger charge is 2.23. The molecule has 1 N–H and O–H groups in total. The number of hydrogen-bond donors (Lipinski definition) is 1. The predicted octanol–water partition coefficient (Wildman–Crippen LogP) is 2.27. The Morgan fingerprint density at radius 3 is 2.80 bits per heavy atom. The number of nitrogens with one attached hydrogen (secondary N) is 1. The highest BCUT2D eigenvalue weighted by atomic mass is 15.2. The van der Waals surface area contributed by atoms with E-state index in [0.29, 0.717) is 6.04 Å². The van der Waals surface area contributed by atoms with Crippen LogP contribution in [0.25, 0.3) is 0 Å². The molecule has 2 nitrogen and oxygen atoms in total. The topological polar surface area (TPSA) is 15.3 Å². The molecule has 1 atom stereocenters. The van der Waals surface area contributed by atoms with Gasteiger partial charge in [-0.1, -0.05) is 19.1 Å². The van der Waals surface area contributed by atoms with E-state index in [2.05, 4.69) is 37.6 Å². The van der Waals surface area contributed by atoms with Crippen molar-refractivity contribution in [3.8, 4) is 0 Å². The smallest absolute Gasteiger partial charge is 0.0161 e. The summed E-state index contributed by atoms with van der Waals surface area (Å²) >= 11 is 0. The van der Waals surface area contributed by atoms with Crippen LogP contribution in [0.1, 0.15) is 33.6 Å². The van der Waals surface area contributed by atoms with E-state index in [0.717, 1.165) is 25.4 Å². The Balaban J connectivity index is 2.11. The third-order valence-electron chi connectivity index (χ3n) is 3.36. The molecule has 88 valence electrons. The van der Waals surface area contributed by atoms with Gasteiger partial charge in [-0.15, -0.1) is 0 Å². The second-order valence-corrected chi connectivity index (χ2v) is 4.98. The molecular formula is C13H26N2. The first-order chi connectivity index (χ1) is 7.13. The summed E-state index contributed by atoms with van der Waals surface area (Å²) in [5.41, 5.74) is 1.31. The molecule has 0 spiro atoms. The zero-order valence-corrected chi connectivity index (χ0v) is 10.6. The average molecular weight is 210 g/mol. The summed E-state index contributed by atoms with van der Waals surface area (Å²) in [4.78, 5) is 2.57. The maximum Gasteiger partial charge on any atom is 0.0161 e. The van der Waals surface area contributed by atoms with Gasteiger partial charge >= 0.3 is 0 Å². The van der Waals surface area contributed by atoms with Gasteiger partial charge in [-0.05, 0) is 45.7 Å². The summed E-state index contributed by atoms with van der Waals surface area (Å²) in [6.07, 6.45) is 2.44. The highest BCUT2D eigenvalue weighted by Crippen LogP contribution is 2.17. The maximum absolute atomic E-state index is 4.01. The van der Waals surface area contributed by atoms with E-state index in [4.69, 9.17) is 0 Å². The second-order valence-electron chi connectivity index (χ2n) is 4.98. The maximum atomic E-state index is 4.01. The Hall–Kier alpha value is -0.340. The van der Waals surface area contributed by atoms with Gasteiger partial charge in [0.2, 0.25) is 0 Å². The van der Waals surface area contributed by atoms with Crippen LogP contribution in [0.15, 0.2) is 12.2 Å². The van der Waals surface area contributed by atoms with Crippen molar-refractivity contribution in [2.45, 2.75) is 39.7 Å². The molecular weight excluding hydrogens is 184 g/mol. The summed E-state index contributed by atoms with van der Waals surface area (Å²) in [7, 11) is 0. The molecule has 1 unspecified atom stereocenters. The zero-order valence-electron chi connectivity index (χ0n) is 10.6. The van der Waals surface area contributed by atoms with E-state index in [1.165, 1.54) is 25.1 Å². The molecule has 0 bridgehead atoms. The van der Waals surface area contributed by atoms with Gasteiger partial charge in [0.05, 0.1) is 0 Å². The monoisotopic (exact) mass is 210 g/mol. The van der Waals surface area contributed by atoms with Crippen molar-refractivity contribution in [2.24, 2.45) is 5.92 Å². The Morgan fingerprint density at radius 1 is 1.53 bits per heavy atom. The molecule has 1 aliphatic rings. The fourth-order valence-electron chi connectivity index (χ4n) is 2.08. The third-order valence-corrected chi connectivity index (χ3v) is 3.36. The van der Waals surface area contributed by atoms with E-state index < -0.39 is 0 Å². The second kappa shape index (κ2) is 6.29. The van der Waals surface area contributed by atoms with Gasteiger partial charge in [0.15, 0.2) is 0 Å². The van der Waals surface area contributed by atoms with Gasteiger partial charge in [0.1, 0.15) is 0 Å². The summed E-state index contributed by atoms with van der Waals surface area (Å²) in [6, 6.07) is 0.709. The lowest BCUT2D eigenvalue weighted by Crippen LogP contribution is -2.31. The molecule has 0 saturated carbocycles. The first-order valence-corrected chi connectivity index (χ1v) is 6.24. The van der Waals surface area contributed by atoms with Crippen LogP contribution in [0, 0.1) is 5.92 Å². The van der Waals surface area contributed by atoms with Crippen LogP contribution in [0.2, 0.25) is 0 Å². The molecule has 1 aliphatic heterocycles. The van der Waals surface area contributed by atoms with Crippen LogP contribution in [0.3, 0.4) is 0 Å². The van der Waals surface area contributed by atoms with E-state index in [1.807, 2.05) is 0 Å². The van der Waals surface area contributed by atoms with Gasteiger partial charge in [-0.2, -0.15) is 0 Å². The molecule has 2 heteroatoms. The molecule has 15 heavy (non-hydrogen) atoms. The van der Waals surface area contributed by atoms with Gasteiger partial charge in [-0.3, -0.25) is 0 Å². The van der Waals surface area contributed by atoms with Crippen LogP contribution in [0.5, 0.6) is 0 Å². The molecule has 0 amide bonds. The average Bonchev–Trinajstić information content (AvgIpc) is 2.66. The molecule has 0 aromatic rings. The van der Waals surface area contributed by atoms with Gasteiger partial charge in [-0.25, -0.2) is 0 Å². The van der Waals surface area contributed by atoms with Crippen molar-refractivity contribution in [1.82, 2.24) is 10.2 Å². The van der Waals surface area contributed by atoms with Crippen molar-refractivity contribution in [3.05, 3.63) is 12.2 Å². The van der Waals surface area contributed by atoms with E-state index in [1.54, 1.807) is 0 Å². The van der Waals surface area contributed by atoms with Gasteiger partial charge in [0, 0.05) is 19.1 Å². The van der Waals surface area contributed by atoms with Gasteiger partial charge in [0.25, 0.3) is 0 Å². The molecule has 0 aliphatic carbocycles. The van der Waals surface area contributed by atoms with E-state index in [-0.39, 0.29) is 0 Å². The Morgan fingerprint density at radius 2 is 2.27 bits per heavy atom. The minimum atomic E-state index is 0.709. The molecule has 1 fully saturated rings. The highest BCUT2D eigenvalue weighted by molar-refractivity contribution is 4.95. The molecule has 1 heterocycles. The summed E-state index contributed by atoms with van der Waals surface area (Å²) in [6.45, 7) is 15.4. The quantitative estimate of drug-likeness (QED) is 0.677. The van der Waals surface area contributed by atoms with Gasteiger partial charge < -0.3 is 10.2 Å². The minimum Gasteiger partial charge on any atom is -0.313 e. The Kier molecular flexibility index (Phi) is 5.34. The van der Waals surface area contributed by atoms with Crippen molar-refractivity contribution in [3.63, 3.8) is 0 Å². The van der Waals surface area contributed by atoms with Crippen molar-refractivity contribution in [1.29, 1.82) is 0 Å². The Bertz CT molecular complexity index is 199. The zero-order chi connectivity index (χ0) is 11.3.